The van der Waals surface area contributed by atoms with Crippen LogP contribution in [0, 0.1) is 23.6 Å². The number of halogens is 2. The first-order valence-corrected chi connectivity index (χ1v) is 17.3. The maximum Gasteiger partial charge on any atom is 0.253 e. The molecule has 3 heterocycles. The highest BCUT2D eigenvalue weighted by Crippen LogP contribution is 2.37. The minimum Gasteiger partial charge on any atom is -0.490 e. The van der Waals surface area contributed by atoms with Gasteiger partial charge in [0.2, 0.25) is 11.8 Å². The van der Waals surface area contributed by atoms with E-state index in [1.54, 1.807) is 35.2 Å². The first-order valence-electron chi connectivity index (χ1n) is 16.9. The summed E-state index contributed by atoms with van der Waals surface area (Å²) in [5.41, 5.74) is 3.13. The maximum absolute atomic E-state index is 13.8. The zero-order valence-electron chi connectivity index (χ0n) is 27.4. The quantitative estimate of drug-likeness (QED) is 0.214. The Labute approximate surface area is 289 Å². The van der Waals surface area contributed by atoms with E-state index in [4.69, 9.17) is 21.1 Å². The number of carbonyl (C=O) groups excluding carboxylic acids is 3. The lowest BCUT2D eigenvalue weighted by molar-refractivity contribution is -0.138. The molecule has 1 aliphatic carbocycles. The summed E-state index contributed by atoms with van der Waals surface area (Å²) in [7, 11) is 0. The Bertz CT molecular complexity index is 1830. The lowest BCUT2D eigenvalue weighted by Gasteiger charge is -2.39. The Morgan fingerprint density at radius 1 is 0.980 bits per heavy atom. The molecule has 2 saturated heterocycles. The summed E-state index contributed by atoms with van der Waals surface area (Å²) in [6.45, 7) is 4.06. The number of ether oxygens (including phenoxy) is 2. The van der Waals surface area contributed by atoms with Gasteiger partial charge in [-0.1, -0.05) is 29.8 Å². The predicted octanol–water partition coefficient (Wildman–Crippen LogP) is 5.61. The van der Waals surface area contributed by atoms with Crippen molar-refractivity contribution in [3.8, 4) is 5.75 Å². The molecule has 3 aromatic carbocycles. The van der Waals surface area contributed by atoms with Crippen LogP contribution in [-0.4, -0.2) is 77.4 Å². The van der Waals surface area contributed by atoms with Crippen molar-refractivity contribution in [2.75, 3.05) is 32.7 Å². The summed E-state index contributed by atoms with van der Waals surface area (Å²) in [6, 6.07) is 18.9. The topological polar surface area (TPSA) is 104 Å². The summed E-state index contributed by atoms with van der Waals surface area (Å²) in [4.78, 5) is 48.1. The number of nitrogens with zero attached hydrogens (tertiary/aromatic N) is 2. The third kappa shape index (κ3) is 7.76. The standard InChI is InChI=1S/C38H40ClFN4O5/c1-23(48-22-24-2-7-29(40)8-3-24)16-42-37(46)34-21-43(36(45)14-26-17-41-35-15-28(39)6-13-32(26)35)18-27-19-44(20-33(27)34)38(47)25-4-9-30(10-5-25)49-31-11-12-31/h2-10,13,15,17,23,27,31,33-34,41H,11-12,14,16,18-22H2,1H3,(H,42,46)/t23-,27?,33?,34?/m1/s1. The van der Waals surface area contributed by atoms with Crippen molar-refractivity contribution in [3.05, 3.63) is 100 Å². The van der Waals surface area contributed by atoms with Gasteiger partial charge in [-0.05, 0) is 91.3 Å². The van der Waals surface area contributed by atoms with E-state index < -0.39 is 5.92 Å². The fourth-order valence-corrected chi connectivity index (χ4v) is 7.16. The Morgan fingerprint density at radius 3 is 2.49 bits per heavy atom. The van der Waals surface area contributed by atoms with Gasteiger partial charge in [0.05, 0.1) is 31.2 Å². The van der Waals surface area contributed by atoms with E-state index in [2.05, 4.69) is 10.3 Å². The SMILES string of the molecule is C[C@H](CNC(=O)C1CN(C(=O)Cc2c[nH]c3cc(Cl)ccc23)CC2CN(C(=O)c3ccc(OC4CC4)cc3)CC21)OCc1ccc(F)cc1. The first-order chi connectivity index (χ1) is 23.7. The molecule has 3 fully saturated rings. The van der Waals surface area contributed by atoms with Gasteiger partial charge >= 0.3 is 0 Å². The molecule has 1 saturated carbocycles. The molecule has 3 aliphatic rings. The van der Waals surface area contributed by atoms with Gasteiger partial charge in [-0.15, -0.1) is 0 Å². The Balaban J connectivity index is 1.03. The molecule has 49 heavy (non-hydrogen) atoms. The molecule has 1 aromatic heterocycles. The monoisotopic (exact) mass is 686 g/mol. The second kappa shape index (κ2) is 14.2. The van der Waals surface area contributed by atoms with E-state index in [9.17, 15) is 18.8 Å². The first kappa shape index (κ1) is 33.1. The third-order valence-corrected chi connectivity index (χ3v) is 10.1. The molecule has 4 atom stereocenters. The maximum atomic E-state index is 13.8. The number of nitrogens with one attached hydrogen (secondary N) is 2. The molecule has 0 spiro atoms. The molecule has 7 rings (SSSR count). The predicted molar refractivity (Wildman–Crippen MR) is 184 cm³/mol. The van der Waals surface area contributed by atoms with Crippen molar-refractivity contribution in [3.63, 3.8) is 0 Å². The third-order valence-electron chi connectivity index (χ3n) is 9.87. The second-order valence-electron chi connectivity index (χ2n) is 13.6. The molecule has 0 radical (unpaired) electrons. The Hall–Kier alpha value is -4.41. The van der Waals surface area contributed by atoms with Gasteiger partial charge in [-0.3, -0.25) is 14.4 Å². The number of likely N-dealkylation sites (tertiary alicyclic amines) is 2. The van der Waals surface area contributed by atoms with Gasteiger partial charge in [0, 0.05) is 60.4 Å². The van der Waals surface area contributed by atoms with E-state index in [0.29, 0.717) is 36.8 Å². The van der Waals surface area contributed by atoms with E-state index in [-0.39, 0.29) is 67.1 Å². The Kier molecular flexibility index (Phi) is 9.60. The highest BCUT2D eigenvalue weighted by Gasteiger charge is 2.47. The van der Waals surface area contributed by atoms with Crippen molar-refractivity contribution in [2.45, 2.75) is 45.0 Å². The van der Waals surface area contributed by atoms with Crippen LogP contribution < -0.4 is 10.1 Å². The van der Waals surface area contributed by atoms with Crippen LogP contribution in [0.5, 0.6) is 5.75 Å². The minimum atomic E-state index is -0.499. The van der Waals surface area contributed by atoms with Crippen molar-refractivity contribution >= 4 is 40.2 Å². The minimum absolute atomic E-state index is 0.0520. The molecule has 2 aliphatic heterocycles. The number of hydrogen-bond donors (Lipinski definition) is 2. The number of carbonyl (C=O) groups is 3. The summed E-state index contributed by atoms with van der Waals surface area (Å²) in [5.74, 6) is -0.529. The van der Waals surface area contributed by atoms with Crippen LogP contribution in [0.3, 0.4) is 0 Å². The summed E-state index contributed by atoms with van der Waals surface area (Å²) >= 11 is 6.16. The van der Waals surface area contributed by atoms with Gasteiger partial charge in [-0.2, -0.15) is 0 Å². The number of hydrogen-bond acceptors (Lipinski definition) is 5. The van der Waals surface area contributed by atoms with Crippen LogP contribution in [0.25, 0.3) is 10.9 Å². The summed E-state index contributed by atoms with van der Waals surface area (Å²) in [5, 5.41) is 4.60. The van der Waals surface area contributed by atoms with Crippen LogP contribution in [0.15, 0.2) is 72.9 Å². The highest BCUT2D eigenvalue weighted by atomic mass is 35.5. The van der Waals surface area contributed by atoms with E-state index in [0.717, 1.165) is 40.6 Å². The smallest absolute Gasteiger partial charge is 0.253 e. The number of benzene rings is 3. The van der Waals surface area contributed by atoms with Gasteiger partial charge in [0.1, 0.15) is 11.6 Å². The van der Waals surface area contributed by atoms with E-state index in [1.165, 1.54) is 12.1 Å². The number of piperidine rings is 1. The van der Waals surface area contributed by atoms with Gasteiger partial charge in [0.15, 0.2) is 0 Å². The fourth-order valence-electron chi connectivity index (χ4n) is 6.99. The fraction of sp³-hybridized carbons (Fsp3) is 0.395. The second-order valence-corrected chi connectivity index (χ2v) is 14.0. The average Bonchev–Trinajstić information content (AvgIpc) is 3.67. The van der Waals surface area contributed by atoms with Gasteiger partial charge in [0.25, 0.3) is 5.91 Å². The van der Waals surface area contributed by atoms with Crippen molar-refractivity contribution < 1.29 is 28.2 Å². The zero-order valence-corrected chi connectivity index (χ0v) is 28.1. The molecular weight excluding hydrogens is 647 g/mol. The van der Waals surface area contributed by atoms with E-state index >= 15 is 0 Å². The van der Waals surface area contributed by atoms with Crippen LogP contribution in [0.2, 0.25) is 5.02 Å². The normalized spacial score (nSPS) is 21.0. The number of fused-ring (bicyclic) bond motifs is 2. The molecule has 2 N–H and O–H groups in total. The lowest BCUT2D eigenvalue weighted by atomic mass is 9.79. The highest BCUT2D eigenvalue weighted by molar-refractivity contribution is 6.31. The lowest BCUT2D eigenvalue weighted by Crippen LogP contribution is -2.54. The van der Waals surface area contributed by atoms with Crippen molar-refractivity contribution in [1.29, 1.82) is 0 Å². The molecule has 9 nitrogen and oxygen atoms in total. The molecule has 256 valence electrons. The molecule has 0 bridgehead atoms. The van der Waals surface area contributed by atoms with Crippen molar-refractivity contribution in [2.24, 2.45) is 17.8 Å². The number of H-pyrrole nitrogens is 1. The van der Waals surface area contributed by atoms with Gasteiger partial charge < -0.3 is 29.6 Å². The number of aromatic amines is 1. The molecule has 11 heteroatoms. The summed E-state index contributed by atoms with van der Waals surface area (Å²) < 4.78 is 25.0. The van der Waals surface area contributed by atoms with E-state index in [1.807, 2.05) is 42.3 Å². The Morgan fingerprint density at radius 2 is 1.73 bits per heavy atom. The molecular formula is C38H40ClFN4O5. The number of aromatic nitrogens is 1. The zero-order chi connectivity index (χ0) is 34.1. The molecule has 3 unspecified atom stereocenters. The van der Waals surface area contributed by atoms with Gasteiger partial charge in [-0.25, -0.2) is 4.39 Å². The molecule has 3 amide bonds. The summed E-state index contributed by atoms with van der Waals surface area (Å²) in [6.07, 6.45) is 4.11. The number of rotatable bonds is 11. The van der Waals surface area contributed by atoms with Crippen LogP contribution in [-0.2, 0) is 27.4 Å². The average molecular weight is 687 g/mol. The van der Waals surface area contributed by atoms with Crippen LogP contribution >= 0.6 is 11.6 Å². The van der Waals surface area contributed by atoms with Crippen molar-refractivity contribution in [1.82, 2.24) is 20.1 Å². The number of amides is 3. The molecule has 4 aromatic rings. The van der Waals surface area contributed by atoms with Crippen LogP contribution in [0.1, 0.15) is 41.3 Å². The van der Waals surface area contributed by atoms with Crippen LogP contribution in [0.4, 0.5) is 4.39 Å². The largest absolute Gasteiger partial charge is 0.490 e.